The first kappa shape index (κ1) is 11.5. The minimum atomic E-state index is 0.0289. The van der Waals surface area contributed by atoms with Gasteiger partial charge in [0.2, 0.25) is 0 Å². The van der Waals surface area contributed by atoms with Crippen molar-refractivity contribution in [2.24, 2.45) is 0 Å². The Morgan fingerprint density at radius 1 is 1.24 bits per heavy atom. The summed E-state index contributed by atoms with van der Waals surface area (Å²) in [4.78, 5) is 0. The summed E-state index contributed by atoms with van der Waals surface area (Å²) in [6.07, 6.45) is 5.21. The maximum atomic E-state index is 5.97. The molecule has 1 N–H and O–H groups in total. The molecule has 1 saturated heterocycles. The first-order valence-electron chi connectivity index (χ1n) is 6.44. The number of hydrogen-bond acceptors (Lipinski definition) is 2. The second-order valence-corrected chi connectivity index (χ2v) is 5.45. The Morgan fingerprint density at radius 2 is 2.06 bits per heavy atom. The van der Waals surface area contributed by atoms with Gasteiger partial charge in [0.1, 0.15) is 0 Å². The molecule has 0 aromatic heterocycles. The van der Waals surface area contributed by atoms with Gasteiger partial charge >= 0.3 is 0 Å². The first-order valence-corrected chi connectivity index (χ1v) is 6.82. The van der Waals surface area contributed by atoms with Crippen LogP contribution in [-0.2, 0) is 10.3 Å². The molecule has 0 amide bonds. The highest BCUT2D eigenvalue weighted by Crippen LogP contribution is 2.40. The SMILES string of the molecule is Clc1ccc(C23CCCCC2OCCN3)cc1. The summed E-state index contributed by atoms with van der Waals surface area (Å²) in [6, 6.07) is 8.24. The smallest absolute Gasteiger partial charge is 0.0799 e. The van der Waals surface area contributed by atoms with Crippen molar-refractivity contribution in [2.45, 2.75) is 37.3 Å². The Morgan fingerprint density at radius 3 is 2.88 bits per heavy atom. The third kappa shape index (κ3) is 1.99. The summed E-state index contributed by atoms with van der Waals surface area (Å²) in [5, 5.41) is 4.50. The number of rotatable bonds is 1. The van der Waals surface area contributed by atoms with Crippen LogP contribution in [0.3, 0.4) is 0 Å². The van der Waals surface area contributed by atoms with E-state index in [9.17, 15) is 0 Å². The van der Waals surface area contributed by atoms with E-state index in [2.05, 4.69) is 17.4 Å². The van der Waals surface area contributed by atoms with E-state index in [1.807, 2.05) is 12.1 Å². The molecule has 0 radical (unpaired) electrons. The number of fused-ring (bicyclic) bond motifs is 1. The normalized spacial score (nSPS) is 33.1. The van der Waals surface area contributed by atoms with E-state index in [-0.39, 0.29) is 5.54 Å². The summed E-state index contributed by atoms with van der Waals surface area (Å²) in [6.45, 7) is 1.78. The van der Waals surface area contributed by atoms with Crippen molar-refractivity contribution in [1.29, 1.82) is 0 Å². The third-order valence-corrected chi connectivity index (χ3v) is 4.31. The lowest BCUT2D eigenvalue weighted by Crippen LogP contribution is -2.59. The molecule has 2 nitrogen and oxygen atoms in total. The van der Waals surface area contributed by atoms with Gasteiger partial charge in [0.05, 0.1) is 18.2 Å². The highest BCUT2D eigenvalue weighted by atomic mass is 35.5. The van der Waals surface area contributed by atoms with Crippen molar-refractivity contribution in [2.75, 3.05) is 13.2 Å². The summed E-state index contributed by atoms with van der Waals surface area (Å²) >= 11 is 5.97. The van der Waals surface area contributed by atoms with Gasteiger partial charge in [-0.3, -0.25) is 0 Å². The summed E-state index contributed by atoms with van der Waals surface area (Å²) < 4.78 is 5.97. The van der Waals surface area contributed by atoms with E-state index in [4.69, 9.17) is 16.3 Å². The summed E-state index contributed by atoms with van der Waals surface area (Å²) in [5.74, 6) is 0. The highest BCUT2D eigenvalue weighted by molar-refractivity contribution is 6.30. The van der Waals surface area contributed by atoms with Crippen molar-refractivity contribution in [3.63, 3.8) is 0 Å². The van der Waals surface area contributed by atoms with Crippen molar-refractivity contribution in [3.05, 3.63) is 34.9 Å². The molecule has 3 rings (SSSR count). The standard InChI is InChI=1S/C14H18ClNO/c15-12-6-4-11(5-7-12)14-8-2-1-3-13(14)17-10-9-16-14/h4-7,13,16H,1-3,8-10H2. The molecule has 92 valence electrons. The molecule has 0 spiro atoms. The van der Waals surface area contributed by atoms with E-state index >= 15 is 0 Å². The molecule has 1 aromatic rings. The van der Waals surface area contributed by atoms with Gasteiger partial charge in [0, 0.05) is 11.6 Å². The molecule has 1 aromatic carbocycles. The monoisotopic (exact) mass is 251 g/mol. The predicted molar refractivity (Wildman–Crippen MR) is 69.3 cm³/mol. The van der Waals surface area contributed by atoms with Crippen LogP contribution >= 0.6 is 11.6 Å². The van der Waals surface area contributed by atoms with Crippen LogP contribution in [0.1, 0.15) is 31.2 Å². The molecular weight excluding hydrogens is 234 g/mol. The minimum absolute atomic E-state index is 0.0289. The molecule has 1 aliphatic heterocycles. The lowest BCUT2D eigenvalue weighted by molar-refractivity contribution is -0.0756. The second-order valence-electron chi connectivity index (χ2n) is 5.01. The van der Waals surface area contributed by atoms with Crippen molar-refractivity contribution in [3.8, 4) is 0 Å². The molecule has 0 bridgehead atoms. The maximum Gasteiger partial charge on any atom is 0.0799 e. The zero-order valence-corrected chi connectivity index (χ0v) is 10.7. The fourth-order valence-corrected chi connectivity index (χ4v) is 3.35. The molecule has 2 unspecified atom stereocenters. The maximum absolute atomic E-state index is 5.97. The number of morpholine rings is 1. The number of ether oxygens (including phenoxy) is 1. The Hall–Kier alpha value is -0.570. The molecule has 1 saturated carbocycles. The average Bonchev–Trinajstić information content (AvgIpc) is 2.39. The second kappa shape index (κ2) is 4.60. The minimum Gasteiger partial charge on any atom is -0.375 e. The highest BCUT2D eigenvalue weighted by Gasteiger charge is 2.44. The van der Waals surface area contributed by atoms with Crippen LogP contribution < -0.4 is 5.32 Å². The predicted octanol–water partition coefficient (Wildman–Crippen LogP) is 3.10. The Kier molecular flexibility index (Phi) is 3.12. The van der Waals surface area contributed by atoms with E-state index in [0.717, 1.165) is 24.6 Å². The number of hydrogen-bond donors (Lipinski definition) is 1. The Bertz CT molecular complexity index is 378. The van der Waals surface area contributed by atoms with Gasteiger partial charge in [-0.1, -0.05) is 36.6 Å². The lowest BCUT2D eigenvalue weighted by atomic mass is 9.73. The number of benzene rings is 1. The Balaban J connectivity index is 1.97. The fraction of sp³-hybridized carbons (Fsp3) is 0.571. The Labute approximate surface area is 107 Å². The molecule has 3 heteroatoms. The van der Waals surface area contributed by atoms with Gasteiger partial charge in [0.25, 0.3) is 0 Å². The van der Waals surface area contributed by atoms with Crippen LogP contribution in [0.2, 0.25) is 5.02 Å². The van der Waals surface area contributed by atoms with Crippen molar-refractivity contribution < 1.29 is 4.74 Å². The molecule has 2 fully saturated rings. The number of nitrogens with one attached hydrogen (secondary N) is 1. The van der Waals surface area contributed by atoms with Crippen LogP contribution in [0.5, 0.6) is 0 Å². The molecule has 1 heterocycles. The van der Waals surface area contributed by atoms with E-state index < -0.39 is 0 Å². The molecule has 2 atom stereocenters. The zero-order valence-electron chi connectivity index (χ0n) is 9.92. The average molecular weight is 252 g/mol. The van der Waals surface area contributed by atoms with Crippen LogP contribution in [0.4, 0.5) is 0 Å². The topological polar surface area (TPSA) is 21.3 Å². The van der Waals surface area contributed by atoms with Crippen LogP contribution in [0.15, 0.2) is 24.3 Å². The van der Waals surface area contributed by atoms with E-state index in [1.165, 1.54) is 24.8 Å². The van der Waals surface area contributed by atoms with E-state index in [1.54, 1.807) is 0 Å². The largest absolute Gasteiger partial charge is 0.375 e. The molecule has 17 heavy (non-hydrogen) atoms. The summed E-state index contributed by atoms with van der Waals surface area (Å²) in [7, 11) is 0. The van der Waals surface area contributed by atoms with Gasteiger partial charge in [-0.05, 0) is 30.5 Å². The first-order chi connectivity index (χ1) is 8.31. The molecule has 1 aliphatic carbocycles. The van der Waals surface area contributed by atoms with Gasteiger partial charge in [-0.25, -0.2) is 0 Å². The van der Waals surface area contributed by atoms with Gasteiger partial charge < -0.3 is 10.1 Å². The lowest BCUT2D eigenvalue weighted by Gasteiger charge is -2.48. The summed E-state index contributed by atoms with van der Waals surface area (Å²) in [5.41, 5.74) is 1.35. The molecular formula is C14H18ClNO. The van der Waals surface area contributed by atoms with E-state index in [0.29, 0.717) is 6.10 Å². The number of halogens is 1. The van der Waals surface area contributed by atoms with Gasteiger partial charge in [-0.15, -0.1) is 0 Å². The van der Waals surface area contributed by atoms with Crippen molar-refractivity contribution in [1.82, 2.24) is 5.32 Å². The van der Waals surface area contributed by atoms with Crippen LogP contribution in [0, 0.1) is 0 Å². The van der Waals surface area contributed by atoms with Crippen LogP contribution in [0.25, 0.3) is 0 Å². The zero-order chi connectivity index (χ0) is 11.7. The van der Waals surface area contributed by atoms with Gasteiger partial charge in [-0.2, -0.15) is 0 Å². The van der Waals surface area contributed by atoms with Gasteiger partial charge in [0.15, 0.2) is 0 Å². The third-order valence-electron chi connectivity index (χ3n) is 4.06. The fourth-order valence-electron chi connectivity index (χ4n) is 3.22. The van der Waals surface area contributed by atoms with Crippen LogP contribution in [-0.4, -0.2) is 19.3 Å². The van der Waals surface area contributed by atoms with Crippen molar-refractivity contribution >= 4 is 11.6 Å². The molecule has 2 aliphatic rings. The quantitative estimate of drug-likeness (QED) is 0.828.